The van der Waals surface area contributed by atoms with Crippen LogP contribution >= 0.6 is 27.5 Å². The molecule has 4 heteroatoms. The lowest BCUT2D eigenvalue weighted by atomic mass is 10.2. The molecule has 0 fully saturated rings. The molecule has 0 saturated heterocycles. The average Bonchev–Trinajstić information content (AvgIpc) is 2.21. The Morgan fingerprint density at radius 2 is 2.27 bits per heavy atom. The minimum atomic E-state index is -0.322. The van der Waals surface area contributed by atoms with Gasteiger partial charge in [0.05, 0.1) is 5.02 Å². The maximum atomic E-state index is 13.5. The van der Waals surface area contributed by atoms with Crippen molar-refractivity contribution in [2.75, 3.05) is 5.33 Å². The van der Waals surface area contributed by atoms with E-state index in [1.165, 1.54) is 0 Å². The van der Waals surface area contributed by atoms with Gasteiger partial charge < -0.3 is 5.32 Å². The SMILES string of the molecule is CC(CCBr)NCc1cccc(Cl)c1F. The second kappa shape index (κ2) is 6.46. The minimum Gasteiger partial charge on any atom is -0.310 e. The van der Waals surface area contributed by atoms with E-state index in [1.54, 1.807) is 18.2 Å². The van der Waals surface area contributed by atoms with Crippen LogP contribution in [-0.2, 0) is 6.54 Å². The Balaban J connectivity index is 2.54. The molecule has 1 aromatic carbocycles. The lowest BCUT2D eigenvalue weighted by molar-refractivity contribution is 0.520. The zero-order valence-corrected chi connectivity index (χ0v) is 10.9. The quantitative estimate of drug-likeness (QED) is 0.816. The van der Waals surface area contributed by atoms with Crippen molar-refractivity contribution in [3.8, 4) is 0 Å². The molecule has 0 aliphatic carbocycles. The fourth-order valence-corrected chi connectivity index (χ4v) is 2.12. The monoisotopic (exact) mass is 293 g/mol. The lowest BCUT2D eigenvalue weighted by Gasteiger charge is -2.12. The number of halogens is 3. The van der Waals surface area contributed by atoms with Gasteiger partial charge in [0.2, 0.25) is 0 Å². The summed E-state index contributed by atoms with van der Waals surface area (Å²) < 4.78 is 13.5. The van der Waals surface area contributed by atoms with Crippen molar-refractivity contribution in [2.24, 2.45) is 0 Å². The van der Waals surface area contributed by atoms with Crippen molar-refractivity contribution < 1.29 is 4.39 Å². The molecule has 1 rings (SSSR count). The molecule has 1 aromatic rings. The van der Waals surface area contributed by atoms with Crippen molar-refractivity contribution in [2.45, 2.75) is 25.9 Å². The van der Waals surface area contributed by atoms with E-state index >= 15 is 0 Å². The molecule has 1 nitrogen and oxygen atoms in total. The van der Waals surface area contributed by atoms with Gasteiger partial charge in [0, 0.05) is 23.5 Å². The third-order valence-corrected chi connectivity index (χ3v) is 2.96. The first-order valence-corrected chi connectivity index (χ1v) is 6.37. The molecule has 0 bridgehead atoms. The predicted octanol–water partition coefficient (Wildman–Crippen LogP) is 3.74. The van der Waals surface area contributed by atoms with E-state index in [9.17, 15) is 4.39 Å². The van der Waals surface area contributed by atoms with Crippen molar-refractivity contribution in [3.63, 3.8) is 0 Å². The summed E-state index contributed by atoms with van der Waals surface area (Å²) in [5.41, 5.74) is 0.615. The molecule has 0 heterocycles. The van der Waals surface area contributed by atoms with Crippen LogP contribution in [0.25, 0.3) is 0 Å². The van der Waals surface area contributed by atoms with Crippen LogP contribution in [0.5, 0.6) is 0 Å². The molecule has 0 aromatic heterocycles. The van der Waals surface area contributed by atoms with Gasteiger partial charge in [0.25, 0.3) is 0 Å². The molecule has 84 valence electrons. The van der Waals surface area contributed by atoms with Crippen LogP contribution in [0.1, 0.15) is 18.9 Å². The highest BCUT2D eigenvalue weighted by atomic mass is 79.9. The molecule has 0 amide bonds. The summed E-state index contributed by atoms with van der Waals surface area (Å²) in [4.78, 5) is 0. The summed E-state index contributed by atoms with van der Waals surface area (Å²) >= 11 is 9.05. The zero-order chi connectivity index (χ0) is 11.3. The fraction of sp³-hybridized carbons (Fsp3) is 0.455. The average molecular weight is 295 g/mol. The van der Waals surface area contributed by atoms with Gasteiger partial charge in [0.1, 0.15) is 5.82 Å². The van der Waals surface area contributed by atoms with Crippen LogP contribution in [0.15, 0.2) is 18.2 Å². The van der Waals surface area contributed by atoms with Gasteiger partial charge in [-0.1, -0.05) is 39.7 Å². The number of nitrogens with one attached hydrogen (secondary N) is 1. The van der Waals surface area contributed by atoms with Crippen molar-refractivity contribution in [3.05, 3.63) is 34.6 Å². The number of rotatable bonds is 5. The molecule has 1 atom stereocenters. The van der Waals surface area contributed by atoms with Gasteiger partial charge >= 0.3 is 0 Å². The zero-order valence-electron chi connectivity index (χ0n) is 8.56. The van der Waals surface area contributed by atoms with Crippen LogP contribution in [-0.4, -0.2) is 11.4 Å². The second-order valence-corrected chi connectivity index (χ2v) is 4.67. The second-order valence-electron chi connectivity index (χ2n) is 3.47. The lowest BCUT2D eigenvalue weighted by Crippen LogP contribution is -2.26. The Morgan fingerprint density at radius 1 is 1.53 bits per heavy atom. The van der Waals surface area contributed by atoms with E-state index in [2.05, 4.69) is 28.2 Å². The van der Waals surface area contributed by atoms with Crippen LogP contribution in [0.3, 0.4) is 0 Å². The topological polar surface area (TPSA) is 12.0 Å². The van der Waals surface area contributed by atoms with E-state index in [0.29, 0.717) is 18.2 Å². The molecule has 0 spiro atoms. The third-order valence-electron chi connectivity index (χ3n) is 2.21. The van der Waals surface area contributed by atoms with E-state index in [0.717, 1.165) is 11.8 Å². The third kappa shape index (κ3) is 4.09. The van der Waals surface area contributed by atoms with Crippen molar-refractivity contribution in [1.82, 2.24) is 5.32 Å². The number of hydrogen-bond donors (Lipinski definition) is 1. The van der Waals surface area contributed by atoms with E-state index in [-0.39, 0.29) is 10.8 Å². The van der Waals surface area contributed by atoms with Gasteiger partial charge in [-0.3, -0.25) is 0 Å². The van der Waals surface area contributed by atoms with Crippen molar-refractivity contribution >= 4 is 27.5 Å². The first-order valence-electron chi connectivity index (χ1n) is 4.87. The Bertz CT molecular complexity index is 319. The first kappa shape index (κ1) is 12.9. The molecule has 1 unspecified atom stereocenters. The van der Waals surface area contributed by atoms with Crippen LogP contribution < -0.4 is 5.32 Å². The Labute approximate surface area is 103 Å². The van der Waals surface area contributed by atoms with Crippen LogP contribution in [0.4, 0.5) is 4.39 Å². The molecule has 0 aliphatic heterocycles. The van der Waals surface area contributed by atoms with Gasteiger partial charge in [-0.15, -0.1) is 0 Å². The molecular weight excluding hydrogens is 280 g/mol. The highest BCUT2D eigenvalue weighted by molar-refractivity contribution is 9.09. The van der Waals surface area contributed by atoms with Gasteiger partial charge in [-0.2, -0.15) is 0 Å². The van der Waals surface area contributed by atoms with Crippen LogP contribution in [0, 0.1) is 5.82 Å². The maximum absolute atomic E-state index is 13.5. The number of hydrogen-bond acceptors (Lipinski definition) is 1. The summed E-state index contributed by atoms with van der Waals surface area (Å²) in [6.45, 7) is 2.59. The largest absolute Gasteiger partial charge is 0.310 e. The normalized spacial score (nSPS) is 12.8. The Hall–Kier alpha value is -0.120. The Morgan fingerprint density at radius 3 is 2.93 bits per heavy atom. The summed E-state index contributed by atoms with van der Waals surface area (Å²) in [6.07, 6.45) is 1.02. The highest BCUT2D eigenvalue weighted by Gasteiger charge is 2.07. The summed E-state index contributed by atoms with van der Waals surface area (Å²) in [6, 6.07) is 5.43. The van der Waals surface area contributed by atoms with Gasteiger partial charge in [0.15, 0.2) is 0 Å². The first-order chi connectivity index (χ1) is 7.15. The molecule has 0 aliphatic rings. The van der Waals surface area contributed by atoms with Gasteiger partial charge in [-0.25, -0.2) is 4.39 Å². The van der Waals surface area contributed by atoms with E-state index in [4.69, 9.17) is 11.6 Å². The summed E-state index contributed by atoms with van der Waals surface area (Å²) in [5.74, 6) is -0.322. The minimum absolute atomic E-state index is 0.183. The van der Waals surface area contributed by atoms with Crippen molar-refractivity contribution in [1.29, 1.82) is 0 Å². The van der Waals surface area contributed by atoms with Crippen LogP contribution in [0.2, 0.25) is 5.02 Å². The summed E-state index contributed by atoms with van der Waals surface area (Å²) in [5, 5.41) is 4.37. The molecule has 0 radical (unpaired) electrons. The van der Waals surface area contributed by atoms with E-state index < -0.39 is 0 Å². The van der Waals surface area contributed by atoms with Gasteiger partial charge in [-0.05, 0) is 19.4 Å². The maximum Gasteiger partial charge on any atom is 0.146 e. The highest BCUT2D eigenvalue weighted by Crippen LogP contribution is 2.17. The smallest absolute Gasteiger partial charge is 0.146 e. The molecule has 1 N–H and O–H groups in total. The predicted molar refractivity (Wildman–Crippen MR) is 66.1 cm³/mol. The Kier molecular flexibility index (Phi) is 5.58. The molecule has 15 heavy (non-hydrogen) atoms. The summed E-state index contributed by atoms with van der Waals surface area (Å²) in [7, 11) is 0. The molecule has 0 saturated carbocycles. The van der Waals surface area contributed by atoms with E-state index in [1.807, 2.05) is 0 Å². The number of alkyl halides is 1. The number of benzene rings is 1. The standard InChI is InChI=1S/C11H14BrClFN/c1-8(5-6-12)15-7-9-3-2-4-10(13)11(9)14/h2-4,8,15H,5-7H2,1H3. The molecular formula is C11H14BrClFN. The fourth-order valence-electron chi connectivity index (χ4n) is 1.23.